The molecule has 9 heteroatoms. The molecule has 2 aromatic carbocycles. The molecule has 7 nitrogen and oxygen atoms in total. The highest BCUT2D eigenvalue weighted by Crippen LogP contribution is 2.28. The third-order valence-corrected chi connectivity index (χ3v) is 5.59. The van der Waals surface area contributed by atoms with Gasteiger partial charge in [-0.15, -0.1) is 0 Å². The summed E-state index contributed by atoms with van der Waals surface area (Å²) in [5.41, 5.74) is 1.94. The maximum atomic E-state index is 12.6. The molecule has 1 heterocycles. The molecule has 1 atom stereocenters. The van der Waals surface area contributed by atoms with Gasteiger partial charge in [-0.1, -0.05) is 31.3 Å². The van der Waals surface area contributed by atoms with Gasteiger partial charge in [0.05, 0.1) is 16.3 Å². The molecule has 1 unspecified atom stereocenters. The van der Waals surface area contributed by atoms with Crippen LogP contribution in [0.25, 0.3) is 10.2 Å². The topological polar surface area (TPSA) is 92.4 Å². The van der Waals surface area contributed by atoms with Crippen LogP contribution in [0.3, 0.4) is 0 Å². The van der Waals surface area contributed by atoms with Crippen LogP contribution in [-0.2, 0) is 4.79 Å². The number of nitrogens with zero attached hydrogens (tertiary/aromatic N) is 1. The summed E-state index contributed by atoms with van der Waals surface area (Å²) >= 11 is 6.66. The average Bonchev–Trinajstić information content (AvgIpc) is 3.14. The van der Waals surface area contributed by atoms with Crippen molar-refractivity contribution in [2.45, 2.75) is 39.7 Å². The first kappa shape index (κ1) is 22.6. The smallest absolute Gasteiger partial charge is 0.257 e. The van der Waals surface area contributed by atoms with Crippen molar-refractivity contribution in [3.63, 3.8) is 0 Å². The van der Waals surface area contributed by atoms with E-state index in [-0.39, 0.29) is 23.0 Å². The highest BCUT2D eigenvalue weighted by molar-refractivity contribution is 7.80. The number of rotatable bonds is 7. The second kappa shape index (κ2) is 10.3. The molecule has 2 amide bonds. The SMILES string of the molecule is CCC(=O)Nc1nc2ccc(NC(=S)NC(=O)c3cccc(OC(C)CC)c3)cc2s1. The fraction of sp³-hybridized carbons (Fsp3) is 0.273. The monoisotopic (exact) mass is 456 g/mol. The molecule has 0 aliphatic carbocycles. The van der Waals surface area contributed by atoms with Crippen molar-refractivity contribution in [3.8, 4) is 5.75 Å². The van der Waals surface area contributed by atoms with Gasteiger partial charge in [-0.25, -0.2) is 4.98 Å². The van der Waals surface area contributed by atoms with E-state index in [4.69, 9.17) is 17.0 Å². The Labute approximate surface area is 190 Å². The van der Waals surface area contributed by atoms with Crippen molar-refractivity contribution in [2.24, 2.45) is 0 Å². The summed E-state index contributed by atoms with van der Waals surface area (Å²) in [6.07, 6.45) is 1.34. The minimum absolute atomic E-state index is 0.0681. The number of hydrogen-bond acceptors (Lipinski definition) is 6. The molecule has 0 spiro atoms. The third-order valence-electron chi connectivity index (χ3n) is 4.45. The number of benzene rings is 2. The van der Waals surface area contributed by atoms with E-state index >= 15 is 0 Å². The highest BCUT2D eigenvalue weighted by Gasteiger charge is 2.11. The molecule has 162 valence electrons. The van der Waals surface area contributed by atoms with Gasteiger partial charge in [-0.3, -0.25) is 14.9 Å². The fourth-order valence-electron chi connectivity index (χ4n) is 2.63. The molecule has 3 N–H and O–H groups in total. The van der Waals surface area contributed by atoms with Gasteiger partial charge in [0.2, 0.25) is 5.91 Å². The summed E-state index contributed by atoms with van der Waals surface area (Å²) in [4.78, 5) is 28.5. The number of fused-ring (bicyclic) bond motifs is 1. The zero-order valence-electron chi connectivity index (χ0n) is 17.5. The third kappa shape index (κ3) is 6.22. The first-order chi connectivity index (χ1) is 14.9. The summed E-state index contributed by atoms with van der Waals surface area (Å²) in [5.74, 6) is 0.234. The number of thiocarbonyl (C=S) groups is 1. The van der Waals surface area contributed by atoms with Gasteiger partial charge in [0.15, 0.2) is 10.2 Å². The van der Waals surface area contributed by atoms with Crippen LogP contribution < -0.4 is 20.7 Å². The van der Waals surface area contributed by atoms with E-state index in [1.54, 1.807) is 25.1 Å². The van der Waals surface area contributed by atoms with Crippen molar-refractivity contribution < 1.29 is 14.3 Å². The van der Waals surface area contributed by atoms with Gasteiger partial charge in [0, 0.05) is 17.7 Å². The van der Waals surface area contributed by atoms with Crippen LogP contribution in [0.5, 0.6) is 5.75 Å². The Bertz CT molecular complexity index is 1110. The van der Waals surface area contributed by atoms with Gasteiger partial charge in [-0.05, 0) is 62.0 Å². The average molecular weight is 457 g/mol. The first-order valence-corrected chi connectivity index (χ1v) is 11.2. The highest BCUT2D eigenvalue weighted by atomic mass is 32.1. The van der Waals surface area contributed by atoms with Crippen LogP contribution in [0.2, 0.25) is 0 Å². The zero-order valence-corrected chi connectivity index (χ0v) is 19.2. The Morgan fingerprint density at radius 3 is 2.71 bits per heavy atom. The van der Waals surface area contributed by atoms with Crippen LogP contribution in [-0.4, -0.2) is 28.0 Å². The minimum Gasteiger partial charge on any atom is -0.491 e. The van der Waals surface area contributed by atoms with E-state index in [2.05, 4.69) is 20.9 Å². The standard InChI is InChI=1S/C22H24N4O3S2/c1-4-13(3)29-16-8-6-7-14(11-16)20(28)26-21(30)23-15-9-10-17-18(12-15)31-22(24-17)25-19(27)5-2/h6-13H,4-5H2,1-3H3,(H,24,25,27)(H2,23,26,28,30). The molecule has 0 fully saturated rings. The Hall–Kier alpha value is -3.04. The normalized spacial score (nSPS) is 11.6. The van der Waals surface area contributed by atoms with E-state index in [9.17, 15) is 9.59 Å². The summed E-state index contributed by atoms with van der Waals surface area (Å²) in [5, 5.41) is 9.19. The van der Waals surface area contributed by atoms with Gasteiger partial charge in [0.1, 0.15) is 5.75 Å². The second-order valence-electron chi connectivity index (χ2n) is 6.88. The van der Waals surface area contributed by atoms with Gasteiger partial charge < -0.3 is 15.4 Å². The minimum atomic E-state index is -0.324. The molecule has 3 rings (SSSR count). The molecule has 0 aliphatic rings. The molecule has 0 saturated carbocycles. The maximum Gasteiger partial charge on any atom is 0.257 e. The van der Waals surface area contributed by atoms with Gasteiger partial charge in [0.25, 0.3) is 5.91 Å². The largest absolute Gasteiger partial charge is 0.491 e. The van der Waals surface area contributed by atoms with Gasteiger partial charge in [-0.2, -0.15) is 0 Å². The van der Waals surface area contributed by atoms with Crippen molar-refractivity contribution in [1.82, 2.24) is 10.3 Å². The van der Waals surface area contributed by atoms with Crippen LogP contribution in [0, 0.1) is 0 Å². The predicted octanol–water partition coefficient (Wildman–Crippen LogP) is 4.95. The van der Waals surface area contributed by atoms with E-state index in [0.29, 0.717) is 28.6 Å². The quantitative estimate of drug-likeness (QED) is 0.436. The number of ether oxygens (including phenoxy) is 1. The van der Waals surface area contributed by atoms with E-state index in [0.717, 1.165) is 16.6 Å². The van der Waals surface area contributed by atoms with E-state index < -0.39 is 0 Å². The Morgan fingerprint density at radius 2 is 1.97 bits per heavy atom. The van der Waals surface area contributed by atoms with E-state index in [1.165, 1.54) is 11.3 Å². The lowest BCUT2D eigenvalue weighted by molar-refractivity contribution is -0.115. The predicted molar refractivity (Wildman–Crippen MR) is 129 cm³/mol. The Kier molecular flexibility index (Phi) is 7.54. The van der Waals surface area contributed by atoms with Crippen LogP contribution >= 0.6 is 23.6 Å². The Balaban J connectivity index is 1.63. The van der Waals surface area contributed by atoms with Crippen molar-refractivity contribution in [2.75, 3.05) is 10.6 Å². The zero-order chi connectivity index (χ0) is 22.4. The molecule has 3 aromatic rings. The fourth-order valence-corrected chi connectivity index (χ4v) is 3.76. The Morgan fingerprint density at radius 1 is 1.16 bits per heavy atom. The molecule has 0 bridgehead atoms. The lowest BCUT2D eigenvalue weighted by Gasteiger charge is -2.14. The summed E-state index contributed by atoms with van der Waals surface area (Å²) in [6, 6.07) is 12.5. The van der Waals surface area contributed by atoms with Gasteiger partial charge >= 0.3 is 0 Å². The number of thiazole rings is 1. The molecular formula is C22H24N4O3S2. The summed E-state index contributed by atoms with van der Waals surface area (Å²) in [6.45, 7) is 5.80. The maximum absolute atomic E-state index is 12.6. The van der Waals surface area contributed by atoms with Crippen molar-refractivity contribution >= 4 is 61.5 Å². The number of carbonyl (C=O) groups excluding carboxylic acids is 2. The van der Waals surface area contributed by atoms with E-state index in [1.807, 2.05) is 38.1 Å². The summed E-state index contributed by atoms with van der Waals surface area (Å²) in [7, 11) is 0. The molecule has 0 aliphatic heterocycles. The van der Waals surface area contributed by atoms with Crippen molar-refractivity contribution in [1.29, 1.82) is 0 Å². The number of anilines is 2. The van der Waals surface area contributed by atoms with Crippen LogP contribution in [0.15, 0.2) is 42.5 Å². The first-order valence-electron chi connectivity index (χ1n) is 9.97. The number of amides is 2. The summed E-state index contributed by atoms with van der Waals surface area (Å²) < 4.78 is 6.66. The lowest BCUT2D eigenvalue weighted by Crippen LogP contribution is -2.34. The van der Waals surface area contributed by atoms with Crippen molar-refractivity contribution in [3.05, 3.63) is 48.0 Å². The number of nitrogens with one attached hydrogen (secondary N) is 3. The number of hydrogen-bond donors (Lipinski definition) is 3. The molecule has 0 radical (unpaired) electrons. The number of carbonyl (C=O) groups is 2. The number of aromatic nitrogens is 1. The van der Waals surface area contributed by atoms with Crippen LogP contribution in [0.4, 0.5) is 10.8 Å². The molecular weight excluding hydrogens is 432 g/mol. The molecule has 31 heavy (non-hydrogen) atoms. The van der Waals surface area contributed by atoms with Crippen LogP contribution in [0.1, 0.15) is 44.0 Å². The molecule has 0 saturated heterocycles. The lowest BCUT2D eigenvalue weighted by atomic mass is 10.2. The second-order valence-corrected chi connectivity index (χ2v) is 8.31. The molecule has 1 aromatic heterocycles.